The van der Waals surface area contributed by atoms with Crippen LogP contribution in [0.5, 0.6) is 0 Å². The standard InChI is InChI=1S/C16H19N5OS/c1-12-17-14(11-23-12)10-21-7-5-20(6-8-21)9-13-3-2-4-15-16(13)19-22-18-15/h2-4,11H,5-10H2,1H3. The molecule has 7 heteroatoms. The maximum Gasteiger partial charge on any atom is 0.139 e. The molecule has 3 aromatic rings. The summed E-state index contributed by atoms with van der Waals surface area (Å²) in [4.78, 5) is 9.50. The molecule has 0 bridgehead atoms. The predicted molar refractivity (Wildman–Crippen MR) is 89.2 cm³/mol. The van der Waals surface area contributed by atoms with Crippen molar-refractivity contribution < 1.29 is 4.63 Å². The Kier molecular flexibility index (Phi) is 4.07. The van der Waals surface area contributed by atoms with Gasteiger partial charge in [0.25, 0.3) is 0 Å². The van der Waals surface area contributed by atoms with Crippen molar-refractivity contribution in [1.29, 1.82) is 0 Å². The molecule has 0 atom stereocenters. The van der Waals surface area contributed by atoms with Gasteiger partial charge in [0.2, 0.25) is 0 Å². The molecule has 1 aliphatic heterocycles. The average molecular weight is 329 g/mol. The summed E-state index contributed by atoms with van der Waals surface area (Å²) in [6, 6.07) is 6.06. The van der Waals surface area contributed by atoms with Crippen molar-refractivity contribution in [3.8, 4) is 0 Å². The number of aryl methyl sites for hydroxylation is 1. The zero-order valence-electron chi connectivity index (χ0n) is 13.1. The normalized spacial score (nSPS) is 17.1. The lowest BCUT2D eigenvalue weighted by Crippen LogP contribution is -2.45. The molecule has 0 amide bonds. The summed E-state index contributed by atoms with van der Waals surface area (Å²) in [7, 11) is 0. The molecule has 0 N–H and O–H groups in total. The zero-order valence-corrected chi connectivity index (χ0v) is 13.9. The van der Waals surface area contributed by atoms with Crippen LogP contribution in [0, 0.1) is 6.92 Å². The highest BCUT2D eigenvalue weighted by molar-refractivity contribution is 7.09. The SMILES string of the molecule is Cc1nc(CN2CCN(Cc3cccc4nonc34)CC2)cs1. The van der Waals surface area contributed by atoms with E-state index >= 15 is 0 Å². The molecule has 0 saturated carbocycles. The van der Waals surface area contributed by atoms with Crippen molar-refractivity contribution >= 4 is 22.4 Å². The van der Waals surface area contributed by atoms with Crippen molar-refractivity contribution in [2.75, 3.05) is 26.2 Å². The third-order valence-corrected chi connectivity index (χ3v) is 5.10. The van der Waals surface area contributed by atoms with Crippen molar-refractivity contribution in [2.45, 2.75) is 20.0 Å². The topological polar surface area (TPSA) is 58.3 Å². The van der Waals surface area contributed by atoms with Gasteiger partial charge < -0.3 is 0 Å². The Balaban J connectivity index is 1.35. The zero-order chi connectivity index (χ0) is 15.6. The Hall–Kier alpha value is -1.83. The van der Waals surface area contributed by atoms with Gasteiger partial charge in [0.15, 0.2) is 0 Å². The van der Waals surface area contributed by atoms with Crippen LogP contribution in [0.1, 0.15) is 16.3 Å². The maximum absolute atomic E-state index is 4.85. The smallest absolute Gasteiger partial charge is 0.139 e. The Morgan fingerprint density at radius 3 is 2.61 bits per heavy atom. The first-order valence-electron chi connectivity index (χ1n) is 7.84. The molecule has 6 nitrogen and oxygen atoms in total. The first-order valence-corrected chi connectivity index (χ1v) is 8.72. The molecule has 0 aliphatic carbocycles. The van der Waals surface area contributed by atoms with E-state index in [1.165, 1.54) is 11.3 Å². The van der Waals surface area contributed by atoms with Crippen molar-refractivity contribution in [3.63, 3.8) is 0 Å². The van der Waals surface area contributed by atoms with E-state index in [-0.39, 0.29) is 0 Å². The van der Waals surface area contributed by atoms with E-state index in [1.54, 1.807) is 11.3 Å². The Morgan fingerprint density at radius 1 is 1.09 bits per heavy atom. The van der Waals surface area contributed by atoms with E-state index in [2.05, 4.69) is 43.5 Å². The molecule has 2 aromatic heterocycles. The van der Waals surface area contributed by atoms with E-state index in [0.717, 1.165) is 55.3 Å². The van der Waals surface area contributed by atoms with Gasteiger partial charge in [0, 0.05) is 44.6 Å². The van der Waals surface area contributed by atoms with Gasteiger partial charge in [-0.3, -0.25) is 9.80 Å². The first-order chi connectivity index (χ1) is 11.3. The minimum absolute atomic E-state index is 0.833. The highest BCUT2D eigenvalue weighted by atomic mass is 32.1. The lowest BCUT2D eigenvalue weighted by Gasteiger charge is -2.34. The number of thiazole rings is 1. The number of aromatic nitrogens is 3. The van der Waals surface area contributed by atoms with Crippen molar-refractivity contribution in [1.82, 2.24) is 25.1 Å². The van der Waals surface area contributed by atoms with Crippen LogP contribution >= 0.6 is 11.3 Å². The van der Waals surface area contributed by atoms with Gasteiger partial charge in [-0.15, -0.1) is 11.3 Å². The van der Waals surface area contributed by atoms with Crippen LogP contribution < -0.4 is 0 Å². The van der Waals surface area contributed by atoms with Gasteiger partial charge in [-0.1, -0.05) is 12.1 Å². The summed E-state index contributed by atoms with van der Waals surface area (Å²) in [5, 5.41) is 11.3. The second-order valence-corrected chi connectivity index (χ2v) is 7.02. The van der Waals surface area contributed by atoms with Crippen LogP contribution in [0.3, 0.4) is 0 Å². The highest BCUT2D eigenvalue weighted by Gasteiger charge is 2.19. The van der Waals surface area contributed by atoms with Crippen molar-refractivity contribution in [3.05, 3.63) is 39.8 Å². The van der Waals surface area contributed by atoms with Gasteiger partial charge in [0.05, 0.1) is 10.7 Å². The summed E-state index contributed by atoms with van der Waals surface area (Å²) in [5.74, 6) is 0. The molecule has 1 saturated heterocycles. The second kappa shape index (κ2) is 6.35. The number of benzene rings is 1. The van der Waals surface area contributed by atoms with Crippen LogP contribution in [0.25, 0.3) is 11.0 Å². The van der Waals surface area contributed by atoms with Crippen LogP contribution in [0.2, 0.25) is 0 Å². The molecular formula is C16H19N5OS. The molecule has 0 unspecified atom stereocenters. The molecule has 0 radical (unpaired) electrons. The highest BCUT2D eigenvalue weighted by Crippen LogP contribution is 2.18. The number of hydrogen-bond donors (Lipinski definition) is 0. The number of rotatable bonds is 4. The Morgan fingerprint density at radius 2 is 1.87 bits per heavy atom. The third-order valence-electron chi connectivity index (χ3n) is 4.28. The first kappa shape index (κ1) is 14.7. The number of hydrogen-bond acceptors (Lipinski definition) is 7. The van der Waals surface area contributed by atoms with Crippen molar-refractivity contribution in [2.24, 2.45) is 0 Å². The molecule has 4 rings (SSSR count). The summed E-state index contributed by atoms with van der Waals surface area (Å²) in [6.45, 7) is 8.18. The van der Waals surface area contributed by atoms with E-state index in [9.17, 15) is 0 Å². The molecule has 1 aliphatic rings. The molecular weight excluding hydrogens is 310 g/mol. The summed E-state index contributed by atoms with van der Waals surface area (Å²) in [5.41, 5.74) is 4.10. The average Bonchev–Trinajstić information content (AvgIpc) is 3.19. The number of fused-ring (bicyclic) bond motifs is 1. The lowest BCUT2D eigenvalue weighted by molar-refractivity contribution is 0.121. The van der Waals surface area contributed by atoms with Crippen LogP contribution in [-0.4, -0.2) is 51.3 Å². The van der Waals surface area contributed by atoms with E-state index in [0.29, 0.717) is 0 Å². The molecule has 3 heterocycles. The van der Waals surface area contributed by atoms with Crippen LogP contribution in [-0.2, 0) is 13.1 Å². The minimum Gasteiger partial charge on any atom is -0.296 e. The predicted octanol–water partition coefficient (Wildman–Crippen LogP) is 2.31. The van der Waals surface area contributed by atoms with Gasteiger partial charge >= 0.3 is 0 Å². The summed E-state index contributed by atoms with van der Waals surface area (Å²) in [6.07, 6.45) is 0. The largest absolute Gasteiger partial charge is 0.296 e. The van der Waals surface area contributed by atoms with Gasteiger partial charge in [0.1, 0.15) is 11.0 Å². The summed E-state index contributed by atoms with van der Waals surface area (Å²) < 4.78 is 4.85. The third kappa shape index (κ3) is 3.26. The maximum atomic E-state index is 4.85. The van der Waals surface area contributed by atoms with Crippen LogP contribution in [0.15, 0.2) is 28.2 Å². The number of piperazine rings is 1. The Bertz CT molecular complexity index is 790. The van der Waals surface area contributed by atoms with Crippen LogP contribution in [0.4, 0.5) is 0 Å². The van der Waals surface area contributed by atoms with E-state index in [1.807, 2.05) is 12.1 Å². The second-order valence-electron chi connectivity index (χ2n) is 5.96. The molecule has 0 spiro atoms. The molecule has 120 valence electrons. The lowest BCUT2D eigenvalue weighted by atomic mass is 10.1. The summed E-state index contributed by atoms with van der Waals surface area (Å²) >= 11 is 1.73. The Labute approximate surface area is 138 Å². The molecule has 23 heavy (non-hydrogen) atoms. The van der Waals surface area contributed by atoms with Gasteiger partial charge in [-0.2, -0.15) is 0 Å². The fraction of sp³-hybridized carbons (Fsp3) is 0.438. The minimum atomic E-state index is 0.833. The van der Waals surface area contributed by atoms with Gasteiger partial charge in [-0.05, 0) is 28.9 Å². The van der Waals surface area contributed by atoms with E-state index in [4.69, 9.17) is 4.63 Å². The monoisotopic (exact) mass is 329 g/mol. The molecule has 1 aromatic carbocycles. The molecule has 1 fully saturated rings. The number of nitrogens with zero attached hydrogens (tertiary/aromatic N) is 5. The van der Waals surface area contributed by atoms with E-state index < -0.39 is 0 Å². The van der Waals surface area contributed by atoms with Gasteiger partial charge in [-0.25, -0.2) is 9.61 Å². The quantitative estimate of drug-likeness (QED) is 0.732. The fourth-order valence-corrected chi connectivity index (χ4v) is 3.65. The fourth-order valence-electron chi connectivity index (χ4n) is 3.05.